The molecule has 29 heavy (non-hydrogen) atoms. The van der Waals surface area contributed by atoms with Crippen molar-refractivity contribution < 1.29 is 9.50 Å². The van der Waals surface area contributed by atoms with Crippen molar-refractivity contribution >= 4 is 0 Å². The average molecular weight is 396 g/mol. The molecule has 0 spiro atoms. The lowest BCUT2D eigenvalue weighted by atomic mass is 9.96. The third kappa shape index (κ3) is 4.92. The third-order valence-corrected chi connectivity index (χ3v) is 4.80. The molecule has 4 nitrogen and oxygen atoms in total. The average Bonchev–Trinajstić information content (AvgIpc) is 3.12. The van der Waals surface area contributed by atoms with E-state index >= 15 is 0 Å². The maximum atomic E-state index is 14.2. The van der Waals surface area contributed by atoms with Crippen LogP contribution in [0, 0.1) is 12.7 Å². The Kier molecular flexibility index (Phi) is 5.92. The van der Waals surface area contributed by atoms with Gasteiger partial charge in [-0.05, 0) is 94.1 Å². The SMILES string of the molecule is Cc1ccc(-c2cc(-c3ccnn3C(C)C)cc(C(O)NC(C)(C)C)c2)cc1F. The molecular weight excluding hydrogens is 365 g/mol. The van der Waals surface area contributed by atoms with E-state index in [1.165, 1.54) is 0 Å². The number of aliphatic hydroxyl groups excluding tert-OH is 1. The van der Waals surface area contributed by atoms with E-state index in [9.17, 15) is 9.50 Å². The first kappa shape index (κ1) is 21.2. The molecular formula is C24H30FN3O. The van der Waals surface area contributed by atoms with Gasteiger partial charge in [-0.3, -0.25) is 10.00 Å². The predicted molar refractivity (Wildman–Crippen MR) is 116 cm³/mol. The number of nitrogens with one attached hydrogen (secondary N) is 1. The van der Waals surface area contributed by atoms with Crippen LogP contribution in [0.25, 0.3) is 22.4 Å². The van der Waals surface area contributed by atoms with E-state index in [1.54, 1.807) is 25.3 Å². The molecule has 2 aromatic carbocycles. The van der Waals surface area contributed by atoms with Gasteiger partial charge in [-0.25, -0.2) is 4.39 Å². The van der Waals surface area contributed by atoms with Crippen molar-refractivity contribution in [3.05, 3.63) is 65.6 Å². The molecule has 0 amide bonds. The van der Waals surface area contributed by atoms with Gasteiger partial charge in [0, 0.05) is 23.3 Å². The summed E-state index contributed by atoms with van der Waals surface area (Å²) in [6, 6.07) is 13.3. The van der Waals surface area contributed by atoms with Crippen molar-refractivity contribution in [1.29, 1.82) is 0 Å². The monoisotopic (exact) mass is 395 g/mol. The summed E-state index contributed by atoms with van der Waals surface area (Å²) >= 11 is 0. The molecule has 3 rings (SSSR count). The number of nitrogens with zero attached hydrogens (tertiary/aromatic N) is 2. The van der Waals surface area contributed by atoms with E-state index in [4.69, 9.17) is 0 Å². The predicted octanol–water partition coefficient (Wildman–Crippen LogP) is 5.62. The second-order valence-corrected chi connectivity index (χ2v) is 8.86. The maximum absolute atomic E-state index is 14.2. The number of hydrogen-bond acceptors (Lipinski definition) is 3. The molecule has 1 heterocycles. The van der Waals surface area contributed by atoms with Crippen LogP contribution in [0.4, 0.5) is 4.39 Å². The van der Waals surface area contributed by atoms with Crippen molar-refractivity contribution in [2.75, 3.05) is 0 Å². The number of halogens is 1. The Bertz CT molecular complexity index is 1000. The fourth-order valence-corrected chi connectivity index (χ4v) is 3.34. The Labute approximate surface area is 172 Å². The van der Waals surface area contributed by atoms with E-state index in [0.29, 0.717) is 5.56 Å². The van der Waals surface area contributed by atoms with Crippen LogP contribution in [0.3, 0.4) is 0 Å². The second kappa shape index (κ2) is 8.09. The highest BCUT2D eigenvalue weighted by Gasteiger charge is 2.19. The van der Waals surface area contributed by atoms with Crippen molar-refractivity contribution in [3.8, 4) is 22.4 Å². The van der Waals surface area contributed by atoms with E-state index in [0.717, 1.165) is 27.9 Å². The molecule has 0 saturated heterocycles. The van der Waals surface area contributed by atoms with Gasteiger partial charge in [-0.2, -0.15) is 5.10 Å². The van der Waals surface area contributed by atoms with Crippen molar-refractivity contribution in [2.24, 2.45) is 0 Å². The highest BCUT2D eigenvalue weighted by Crippen LogP contribution is 2.32. The summed E-state index contributed by atoms with van der Waals surface area (Å²) < 4.78 is 16.2. The van der Waals surface area contributed by atoms with Crippen LogP contribution in [0.1, 0.15) is 58.0 Å². The van der Waals surface area contributed by atoms with Gasteiger partial charge in [0.05, 0.1) is 5.69 Å². The van der Waals surface area contributed by atoms with Gasteiger partial charge < -0.3 is 5.11 Å². The Hall–Kier alpha value is -2.50. The molecule has 0 radical (unpaired) electrons. The highest BCUT2D eigenvalue weighted by molar-refractivity contribution is 5.73. The number of hydrogen-bond donors (Lipinski definition) is 2. The number of aromatic nitrogens is 2. The molecule has 0 aliphatic rings. The summed E-state index contributed by atoms with van der Waals surface area (Å²) in [5, 5.41) is 18.5. The van der Waals surface area contributed by atoms with Crippen LogP contribution in [-0.4, -0.2) is 20.4 Å². The lowest BCUT2D eigenvalue weighted by molar-refractivity contribution is 0.107. The maximum Gasteiger partial charge on any atom is 0.131 e. The highest BCUT2D eigenvalue weighted by atomic mass is 19.1. The zero-order valence-electron chi connectivity index (χ0n) is 18.0. The number of benzene rings is 2. The van der Waals surface area contributed by atoms with Crippen LogP contribution in [0.5, 0.6) is 0 Å². The summed E-state index contributed by atoms with van der Waals surface area (Å²) in [5.74, 6) is -0.241. The molecule has 3 aromatic rings. The van der Waals surface area contributed by atoms with Crippen LogP contribution in [0.2, 0.25) is 0 Å². The smallest absolute Gasteiger partial charge is 0.131 e. The third-order valence-electron chi connectivity index (χ3n) is 4.80. The van der Waals surface area contributed by atoms with E-state index < -0.39 is 6.23 Å². The fraction of sp³-hybridized carbons (Fsp3) is 0.375. The summed E-state index contributed by atoms with van der Waals surface area (Å²) in [6.07, 6.45) is 0.927. The van der Waals surface area contributed by atoms with E-state index in [-0.39, 0.29) is 17.4 Å². The summed E-state index contributed by atoms with van der Waals surface area (Å²) in [5.41, 5.74) is 4.59. The Morgan fingerprint density at radius 3 is 2.31 bits per heavy atom. The first-order valence-corrected chi connectivity index (χ1v) is 9.96. The van der Waals surface area contributed by atoms with Crippen molar-refractivity contribution in [2.45, 2.75) is 59.4 Å². The quantitative estimate of drug-likeness (QED) is 0.551. The molecule has 0 aliphatic carbocycles. The number of aryl methyl sites for hydroxylation is 1. The van der Waals surface area contributed by atoms with Crippen molar-refractivity contribution in [3.63, 3.8) is 0 Å². The van der Waals surface area contributed by atoms with Crippen LogP contribution >= 0.6 is 0 Å². The standard InChI is InChI=1S/C24H30FN3O/c1-15(2)28-22(9-10-26-28)19-11-18(17-8-7-16(3)21(25)14-17)12-20(13-19)23(29)27-24(4,5)6/h7-15,23,27,29H,1-6H3. The summed E-state index contributed by atoms with van der Waals surface area (Å²) in [4.78, 5) is 0. The molecule has 0 bridgehead atoms. The van der Waals surface area contributed by atoms with Gasteiger partial charge in [0.25, 0.3) is 0 Å². The fourth-order valence-electron chi connectivity index (χ4n) is 3.34. The van der Waals surface area contributed by atoms with Gasteiger partial charge in [0.15, 0.2) is 0 Å². The van der Waals surface area contributed by atoms with Gasteiger partial charge in [0.2, 0.25) is 0 Å². The van der Waals surface area contributed by atoms with E-state index in [2.05, 4.69) is 24.3 Å². The Balaban J connectivity index is 2.16. The topological polar surface area (TPSA) is 50.1 Å². The molecule has 1 aromatic heterocycles. The van der Waals surface area contributed by atoms with Gasteiger partial charge in [-0.15, -0.1) is 0 Å². The van der Waals surface area contributed by atoms with E-state index in [1.807, 2.05) is 55.8 Å². The molecule has 1 atom stereocenters. The van der Waals surface area contributed by atoms with Crippen LogP contribution < -0.4 is 5.32 Å². The lowest BCUT2D eigenvalue weighted by Gasteiger charge is -2.26. The summed E-state index contributed by atoms with van der Waals surface area (Å²) in [6.45, 7) is 11.9. The minimum atomic E-state index is -0.848. The minimum absolute atomic E-state index is 0.196. The summed E-state index contributed by atoms with van der Waals surface area (Å²) in [7, 11) is 0. The zero-order valence-corrected chi connectivity index (χ0v) is 18.0. The second-order valence-electron chi connectivity index (χ2n) is 8.86. The molecule has 2 N–H and O–H groups in total. The van der Waals surface area contributed by atoms with Crippen LogP contribution in [-0.2, 0) is 0 Å². The number of rotatable bonds is 5. The molecule has 0 fully saturated rings. The van der Waals surface area contributed by atoms with Crippen molar-refractivity contribution in [1.82, 2.24) is 15.1 Å². The normalized spacial score (nSPS) is 13.1. The first-order valence-electron chi connectivity index (χ1n) is 9.96. The number of aliphatic hydroxyl groups is 1. The lowest BCUT2D eigenvalue weighted by Crippen LogP contribution is -2.38. The molecule has 0 aliphatic heterocycles. The molecule has 0 saturated carbocycles. The van der Waals surface area contributed by atoms with Crippen LogP contribution in [0.15, 0.2) is 48.7 Å². The Morgan fingerprint density at radius 1 is 1.00 bits per heavy atom. The molecule has 154 valence electrons. The minimum Gasteiger partial charge on any atom is -0.374 e. The van der Waals surface area contributed by atoms with Gasteiger partial charge in [-0.1, -0.05) is 12.1 Å². The Morgan fingerprint density at radius 2 is 1.69 bits per heavy atom. The van der Waals surface area contributed by atoms with Gasteiger partial charge in [0.1, 0.15) is 12.0 Å². The zero-order chi connectivity index (χ0) is 21.3. The molecule has 1 unspecified atom stereocenters. The largest absolute Gasteiger partial charge is 0.374 e. The first-order chi connectivity index (χ1) is 13.5. The molecule has 5 heteroatoms. The van der Waals surface area contributed by atoms with Gasteiger partial charge >= 0.3 is 0 Å².